The highest BCUT2D eigenvalue weighted by Gasteiger charge is 2.54. The van der Waals surface area contributed by atoms with Crippen molar-refractivity contribution in [2.45, 2.75) is 98.2 Å². The van der Waals surface area contributed by atoms with Gasteiger partial charge < -0.3 is 77.6 Å². The summed E-state index contributed by atoms with van der Waals surface area (Å²) >= 11 is 0. The fourth-order valence-electron chi connectivity index (χ4n) is 4.59. The molecule has 3 rings (SSSR count). The van der Waals surface area contributed by atoms with Crippen LogP contribution in [0.2, 0.25) is 0 Å². The van der Waals surface area contributed by atoms with Gasteiger partial charge in [-0.15, -0.1) is 0 Å². The third kappa shape index (κ3) is 5.32. The average Bonchev–Trinajstić information content (AvgIpc) is 2.79. The van der Waals surface area contributed by atoms with Crippen LogP contribution in [0.15, 0.2) is 0 Å². The molecule has 2 saturated heterocycles. The van der Waals surface area contributed by atoms with E-state index >= 15 is 0 Å². The second-order valence-corrected chi connectivity index (χ2v) is 9.12. The van der Waals surface area contributed by atoms with Crippen molar-refractivity contribution < 1.29 is 77.6 Å². The maximum absolute atomic E-state index is 10.8. The van der Waals surface area contributed by atoms with Crippen molar-refractivity contribution in [3.8, 4) is 0 Å². The summed E-state index contributed by atoms with van der Waals surface area (Å²) in [4.78, 5) is 0. The van der Waals surface area contributed by atoms with Crippen molar-refractivity contribution in [3.05, 3.63) is 0 Å². The molecule has 1 aliphatic carbocycles. The smallest absolute Gasteiger partial charge is 0.214 e. The summed E-state index contributed by atoms with van der Waals surface area (Å²) in [5, 5.41) is 71.1. The Morgan fingerprint density at radius 3 is 1.85 bits per heavy atom. The zero-order valence-corrected chi connectivity index (χ0v) is 18.4. The third-order valence-electron chi connectivity index (χ3n) is 6.76. The van der Waals surface area contributed by atoms with Crippen LogP contribution in [0.3, 0.4) is 0 Å². The van der Waals surface area contributed by atoms with Gasteiger partial charge in [-0.1, -0.05) is 0 Å². The van der Waals surface area contributed by atoms with Crippen LogP contribution in [-0.4, -0.2) is 141 Å². The van der Waals surface area contributed by atoms with Gasteiger partial charge in [0.25, 0.3) is 0 Å². The van der Waals surface area contributed by atoms with Crippen molar-refractivity contribution in [3.63, 3.8) is 0 Å². The minimum Gasteiger partial charge on any atom is -0.394 e. The van der Waals surface area contributed by atoms with Gasteiger partial charge in [0.05, 0.1) is 13.0 Å². The first-order chi connectivity index (χ1) is 15.5. The molecule has 0 aromatic rings. The lowest BCUT2D eigenvalue weighted by Crippen LogP contribution is -2.84. The largest absolute Gasteiger partial charge is 0.394 e. The summed E-state index contributed by atoms with van der Waals surface area (Å²) in [7, 11) is 0. The Bertz CT molecular complexity index is 634. The first kappa shape index (κ1) is 27.0. The van der Waals surface area contributed by atoms with E-state index in [1.165, 1.54) is 0 Å². The van der Waals surface area contributed by atoms with Crippen LogP contribution >= 0.6 is 0 Å². The van der Waals surface area contributed by atoms with Crippen molar-refractivity contribution in [2.24, 2.45) is 0 Å². The van der Waals surface area contributed by atoms with Gasteiger partial charge in [0, 0.05) is 0 Å². The minimum absolute atomic E-state index is 0.164. The number of rotatable bonds is 6. The fraction of sp³-hybridized carbons (Fsp3) is 1.00. The standard InChI is InChI=1S/C18H36N4O11/c19-2-6-10(25)12(27)8(22)17(30-6)32-15-5(21)1-4(20)9(24)16(15)33-18-14(29)13(28)11(26)7(3-23)31-18/h4-18,23-29H,1-3,19-22H2/p+4/t4-,5+,6-,7+,8-,9+,10-,11+,12-,13-,14+,15-,16-,17-,18+/m1/s1. The Morgan fingerprint density at radius 2 is 1.24 bits per heavy atom. The zero-order valence-electron chi connectivity index (χ0n) is 18.4. The van der Waals surface area contributed by atoms with Crippen LogP contribution < -0.4 is 22.9 Å². The molecule has 2 heterocycles. The summed E-state index contributed by atoms with van der Waals surface area (Å²) in [6, 6.07) is -1.86. The number of quaternary nitrogens is 4. The first-order valence-electron chi connectivity index (χ1n) is 11.1. The average molecular weight is 489 g/mol. The van der Waals surface area contributed by atoms with Gasteiger partial charge in [-0.25, -0.2) is 0 Å². The molecule has 0 aromatic heterocycles. The van der Waals surface area contributed by atoms with E-state index in [4.69, 9.17) is 18.9 Å². The van der Waals surface area contributed by atoms with Crippen molar-refractivity contribution >= 4 is 0 Å². The molecular formula is C18H40N4O11+4. The van der Waals surface area contributed by atoms with E-state index in [1.807, 2.05) is 0 Å². The highest BCUT2D eigenvalue weighted by molar-refractivity contribution is 4.97. The predicted molar refractivity (Wildman–Crippen MR) is 103 cm³/mol. The normalized spacial score (nSPS) is 53.7. The highest BCUT2D eigenvalue weighted by atomic mass is 16.7. The molecular weight excluding hydrogens is 448 g/mol. The molecule has 0 bridgehead atoms. The Morgan fingerprint density at radius 1 is 0.667 bits per heavy atom. The summed E-state index contributed by atoms with van der Waals surface area (Å²) in [6.07, 6.45) is -14.9. The topological polar surface area (TPSA) is 289 Å². The van der Waals surface area contributed by atoms with E-state index in [0.717, 1.165) is 0 Å². The number of hydrogen-bond donors (Lipinski definition) is 11. The molecule has 15 atom stereocenters. The molecule has 3 aliphatic rings. The maximum Gasteiger partial charge on any atom is 0.214 e. The third-order valence-corrected chi connectivity index (χ3v) is 6.76. The molecule has 2 aliphatic heterocycles. The van der Waals surface area contributed by atoms with Crippen LogP contribution in [0.4, 0.5) is 0 Å². The molecule has 15 heteroatoms. The Labute approximate surface area is 189 Å². The molecule has 33 heavy (non-hydrogen) atoms. The molecule has 194 valence electrons. The van der Waals surface area contributed by atoms with E-state index in [0.29, 0.717) is 6.42 Å². The zero-order chi connectivity index (χ0) is 24.6. The summed E-state index contributed by atoms with van der Waals surface area (Å²) in [5.41, 5.74) is 15.5. The minimum atomic E-state index is -1.68. The molecule has 0 aromatic carbocycles. The lowest BCUT2D eigenvalue weighted by Gasteiger charge is -2.46. The Balaban J connectivity index is 1.80. The van der Waals surface area contributed by atoms with E-state index in [1.54, 1.807) is 0 Å². The monoisotopic (exact) mass is 488 g/mol. The second-order valence-electron chi connectivity index (χ2n) is 9.12. The van der Waals surface area contributed by atoms with Crippen LogP contribution in [0.5, 0.6) is 0 Å². The number of aliphatic hydroxyl groups is 7. The second kappa shape index (κ2) is 11.0. The number of ether oxygens (including phenoxy) is 4. The number of hydrogen-bond acceptors (Lipinski definition) is 11. The van der Waals surface area contributed by atoms with Gasteiger partial charge in [0.2, 0.25) is 6.29 Å². The van der Waals surface area contributed by atoms with Crippen LogP contribution in [0, 0.1) is 0 Å². The Hall–Kier alpha value is -0.600. The maximum atomic E-state index is 10.8. The van der Waals surface area contributed by atoms with Gasteiger partial charge in [0.15, 0.2) is 12.3 Å². The lowest BCUT2D eigenvalue weighted by molar-refractivity contribution is -0.537. The molecule has 15 nitrogen and oxygen atoms in total. The quantitative estimate of drug-likeness (QED) is 0.167. The van der Waals surface area contributed by atoms with Crippen LogP contribution in [0.25, 0.3) is 0 Å². The van der Waals surface area contributed by atoms with Crippen molar-refractivity contribution in [2.75, 3.05) is 13.2 Å². The van der Waals surface area contributed by atoms with E-state index in [9.17, 15) is 35.7 Å². The van der Waals surface area contributed by atoms with Crippen LogP contribution in [0.1, 0.15) is 6.42 Å². The van der Waals surface area contributed by atoms with Gasteiger partial charge in [0.1, 0.15) is 79.7 Å². The Kier molecular flexibility index (Phi) is 8.99. The van der Waals surface area contributed by atoms with Gasteiger partial charge in [-0.05, 0) is 0 Å². The highest BCUT2D eigenvalue weighted by Crippen LogP contribution is 2.30. The molecule has 0 radical (unpaired) electrons. The van der Waals surface area contributed by atoms with E-state index in [-0.39, 0.29) is 6.54 Å². The fourth-order valence-corrected chi connectivity index (χ4v) is 4.59. The van der Waals surface area contributed by atoms with Gasteiger partial charge in [-0.3, -0.25) is 0 Å². The van der Waals surface area contributed by atoms with Gasteiger partial charge in [-0.2, -0.15) is 0 Å². The van der Waals surface area contributed by atoms with Crippen LogP contribution in [-0.2, 0) is 18.9 Å². The number of aliphatic hydroxyl groups excluding tert-OH is 7. The van der Waals surface area contributed by atoms with Crippen molar-refractivity contribution in [1.82, 2.24) is 0 Å². The first-order valence-corrected chi connectivity index (χ1v) is 11.1. The molecule has 0 spiro atoms. The SMILES string of the molecule is [NH3+]C[C@H]1O[C@H](O[C@H]2[C@H](O[C@@H]3O[C@@H](CO)[C@H](O)[C@@H](O)[C@@H]3O)[C@@H](O)[C@H]([NH3+])C[C@@H]2[NH3+])[C@H]([NH3+])[C@@H](O)[C@@H]1O. The summed E-state index contributed by atoms with van der Waals surface area (Å²) in [6.45, 7) is -0.475. The molecule has 0 amide bonds. The summed E-state index contributed by atoms with van der Waals surface area (Å²) in [5.74, 6) is 0. The predicted octanol–water partition coefficient (Wildman–Crippen LogP) is -10.2. The molecule has 0 unspecified atom stereocenters. The van der Waals surface area contributed by atoms with E-state index < -0.39 is 98.4 Å². The lowest BCUT2D eigenvalue weighted by atomic mass is 9.84. The van der Waals surface area contributed by atoms with E-state index in [2.05, 4.69) is 22.9 Å². The molecule has 19 N–H and O–H groups in total. The molecule has 3 fully saturated rings. The summed E-state index contributed by atoms with van der Waals surface area (Å²) < 4.78 is 23.0. The molecule has 1 saturated carbocycles. The van der Waals surface area contributed by atoms with Crippen molar-refractivity contribution in [1.29, 1.82) is 0 Å². The van der Waals surface area contributed by atoms with Gasteiger partial charge >= 0.3 is 0 Å².